The predicted octanol–water partition coefficient (Wildman–Crippen LogP) is 1.90. The Balaban J connectivity index is 0. The molecule has 0 bridgehead atoms. The molecule has 0 saturated carbocycles. The first-order valence-corrected chi connectivity index (χ1v) is 2.65. The molecule has 1 aromatic rings. The van der Waals surface area contributed by atoms with Crippen molar-refractivity contribution in [3.8, 4) is 0 Å². The van der Waals surface area contributed by atoms with E-state index in [-0.39, 0.29) is 42.1 Å². The van der Waals surface area contributed by atoms with Gasteiger partial charge in [-0.05, 0) is 0 Å². The molecule has 0 nitrogen and oxygen atoms in total. The van der Waals surface area contributed by atoms with Crippen LogP contribution in [0.3, 0.4) is 0 Å². The average molecular weight is 472 g/mol. The van der Waals surface area contributed by atoms with E-state index < -0.39 is 0 Å². The van der Waals surface area contributed by atoms with Crippen LogP contribution in [0.25, 0.3) is 0 Å². The minimum atomic E-state index is 0. The Morgan fingerprint density at radius 2 is 1.40 bits per heavy atom. The van der Waals surface area contributed by atoms with Gasteiger partial charge in [0.05, 0.1) is 0 Å². The number of hydrogen-bond donors (Lipinski definition) is 0. The molecule has 54 valence electrons. The maximum atomic E-state index is 3.04. The van der Waals surface area contributed by atoms with Crippen molar-refractivity contribution in [1.29, 1.82) is 0 Å². The number of aryl methyl sites for hydroxylation is 2. The second kappa shape index (κ2) is 6.32. The van der Waals surface area contributed by atoms with Crippen LogP contribution in [0.4, 0.5) is 0 Å². The maximum absolute atomic E-state index is 3.04. The summed E-state index contributed by atoms with van der Waals surface area (Å²) in [5.41, 5.74) is 2.30. The summed E-state index contributed by atoms with van der Waals surface area (Å²) in [6, 6.07) is 10.0. The molecule has 10 heavy (non-hydrogen) atoms. The molecule has 0 heterocycles. The van der Waals surface area contributed by atoms with Gasteiger partial charge in [0, 0.05) is 42.1 Å². The largest absolute Gasteiger partial charge is 0.356 e. The smallest absolute Gasteiger partial charge is 0 e. The molecule has 0 saturated heterocycles. The molecule has 1 aromatic carbocycles. The maximum Gasteiger partial charge on any atom is 0 e. The Labute approximate surface area is 90.9 Å². The molecule has 0 atom stereocenters. The van der Waals surface area contributed by atoms with Crippen molar-refractivity contribution < 1.29 is 42.1 Å². The van der Waals surface area contributed by atoms with Crippen molar-refractivity contribution in [2.45, 2.75) is 13.8 Å². The Hall–Kier alpha value is 0.597. The van der Waals surface area contributed by atoms with Gasteiger partial charge >= 0.3 is 0 Å². The van der Waals surface area contributed by atoms with Gasteiger partial charge in [-0.15, -0.1) is 6.92 Å². The second-order valence-electron chi connectivity index (χ2n) is 1.95. The van der Waals surface area contributed by atoms with E-state index in [9.17, 15) is 0 Å². The third-order valence-corrected chi connectivity index (χ3v) is 1.03. The molecule has 0 radical (unpaired) electrons. The molecule has 0 unspecified atom stereocenters. The summed E-state index contributed by atoms with van der Waals surface area (Å²) in [6.45, 7) is 4.02. The van der Waals surface area contributed by atoms with Crippen LogP contribution in [0.1, 0.15) is 11.1 Å². The fourth-order valence-electron chi connectivity index (χ4n) is 0.528. The normalized spacial score (nSPS) is 7.40. The van der Waals surface area contributed by atoms with E-state index >= 15 is 0 Å². The predicted molar refractivity (Wildman–Crippen MR) is 33.6 cm³/mol. The zero-order valence-electron chi connectivity index (χ0n) is 5.97. The van der Waals surface area contributed by atoms with E-state index in [0.29, 0.717) is 0 Å². The number of hydrogen-bond acceptors (Lipinski definition) is 0. The van der Waals surface area contributed by atoms with Gasteiger partial charge in [0.2, 0.25) is 0 Å². The van der Waals surface area contributed by atoms with E-state index in [1.54, 1.807) is 0 Å². The van der Waals surface area contributed by atoms with Gasteiger partial charge in [0.1, 0.15) is 0 Å². The average Bonchev–Trinajstić information content (AvgIpc) is 1.77. The third kappa shape index (κ3) is 4.42. The molecular formula is C8H8W2-2. The van der Waals surface area contributed by atoms with Gasteiger partial charge in [-0.25, -0.2) is 0 Å². The molecule has 0 spiro atoms. The van der Waals surface area contributed by atoms with Crippen molar-refractivity contribution in [3.63, 3.8) is 0 Å². The van der Waals surface area contributed by atoms with Crippen molar-refractivity contribution in [3.05, 3.63) is 35.4 Å². The molecule has 0 aromatic heterocycles. The molecule has 0 N–H and O–H groups in total. The molecule has 2 heteroatoms. The van der Waals surface area contributed by atoms with Crippen LogP contribution < -0.4 is 0 Å². The molecule has 0 amide bonds. The summed E-state index contributed by atoms with van der Waals surface area (Å²) in [6.07, 6.45) is 0. The monoisotopic (exact) mass is 472 g/mol. The Kier molecular flexibility index (Phi) is 8.34. The fraction of sp³-hybridized carbons (Fsp3) is 0.250. The molecule has 0 fully saturated rings. The van der Waals surface area contributed by atoms with Crippen LogP contribution in [0.2, 0.25) is 0 Å². The summed E-state index contributed by atoms with van der Waals surface area (Å²) < 4.78 is 0. The van der Waals surface area contributed by atoms with Gasteiger partial charge in [0.25, 0.3) is 0 Å². The van der Waals surface area contributed by atoms with Gasteiger partial charge in [-0.1, -0.05) is 6.92 Å². The summed E-state index contributed by atoms with van der Waals surface area (Å²) in [5.74, 6) is 0. The van der Waals surface area contributed by atoms with Crippen LogP contribution in [0, 0.1) is 26.0 Å². The zero-order chi connectivity index (χ0) is 5.98. The van der Waals surface area contributed by atoms with E-state index in [2.05, 4.69) is 12.1 Å². The van der Waals surface area contributed by atoms with Crippen LogP contribution in [-0.4, -0.2) is 0 Å². The molecule has 0 aliphatic heterocycles. The number of benzene rings is 1. The van der Waals surface area contributed by atoms with Crippen LogP contribution >= 0.6 is 0 Å². The van der Waals surface area contributed by atoms with Crippen LogP contribution in [-0.2, 0) is 42.1 Å². The topological polar surface area (TPSA) is 0 Å². The summed E-state index contributed by atoms with van der Waals surface area (Å²) in [5, 5.41) is 0. The van der Waals surface area contributed by atoms with E-state index in [0.717, 1.165) is 5.56 Å². The van der Waals surface area contributed by atoms with Crippen molar-refractivity contribution >= 4 is 0 Å². The Morgan fingerprint density at radius 3 is 1.70 bits per heavy atom. The van der Waals surface area contributed by atoms with Crippen LogP contribution in [0.5, 0.6) is 0 Å². The molecular weight excluding hydrogens is 464 g/mol. The first-order chi connectivity index (χ1) is 3.79. The first kappa shape index (κ1) is 13.2. The molecule has 0 aliphatic rings. The number of rotatable bonds is 0. The van der Waals surface area contributed by atoms with Crippen LogP contribution in [0.15, 0.2) is 12.1 Å². The summed E-state index contributed by atoms with van der Waals surface area (Å²) >= 11 is 0. The summed E-state index contributed by atoms with van der Waals surface area (Å²) in [7, 11) is 0. The Bertz CT molecular complexity index is 146. The minimum Gasteiger partial charge on any atom is -0.356 e. The standard InChI is InChI=1S/C8H8.2W/c1-7-3-5-8(2)6-4-7;;/h3-4H,1-2H3;;/q-2;;. The van der Waals surface area contributed by atoms with Gasteiger partial charge < -0.3 is 12.1 Å². The second-order valence-corrected chi connectivity index (χ2v) is 1.95. The van der Waals surface area contributed by atoms with E-state index in [4.69, 9.17) is 0 Å². The van der Waals surface area contributed by atoms with E-state index in [1.165, 1.54) is 5.56 Å². The SMILES string of the molecule is Cc1[c-]cc(C)c[c-]1.[W].[W]. The molecule has 0 aliphatic carbocycles. The Morgan fingerprint density at radius 1 is 1.00 bits per heavy atom. The quantitative estimate of drug-likeness (QED) is 0.507. The van der Waals surface area contributed by atoms with Crippen molar-refractivity contribution in [2.24, 2.45) is 0 Å². The first-order valence-electron chi connectivity index (χ1n) is 2.65. The van der Waals surface area contributed by atoms with Gasteiger partial charge in [-0.2, -0.15) is 0 Å². The summed E-state index contributed by atoms with van der Waals surface area (Å²) in [4.78, 5) is 0. The fourth-order valence-corrected chi connectivity index (χ4v) is 0.528. The van der Waals surface area contributed by atoms with E-state index in [1.807, 2.05) is 26.0 Å². The van der Waals surface area contributed by atoms with Gasteiger partial charge in [-0.3, -0.25) is 23.3 Å². The zero-order valence-corrected chi connectivity index (χ0v) is 11.8. The molecule has 1 rings (SSSR count). The minimum absolute atomic E-state index is 0. The van der Waals surface area contributed by atoms with Crippen molar-refractivity contribution in [1.82, 2.24) is 0 Å². The third-order valence-electron chi connectivity index (χ3n) is 1.03. The van der Waals surface area contributed by atoms with Gasteiger partial charge in [0.15, 0.2) is 0 Å². The van der Waals surface area contributed by atoms with Crippen molar-refractivity contribution in [2.75, 3.05) is 0 Å².